The molecule has 0 saturated heterocycles. The van der Waals surface area contributed by atoms with Crippen LogP contribution in [0.3, 0.4) is 0 Å². The average molecular weight is 212 g/mol. The first-order valence-corrected chi connectivity index (χ1v) is 3.79. The minimum atomic E-state index is -4.74. The average Bonchev–Trinajstić information content (AvgIpc) is 2.15. The lowest BCUT2D eigenvalue weighted by molar-refractivity contribution is -0.274. The summed E-state index contributed by atoms with van der Waals surface area (Å²) in [6.45, 7) is 3.26. The summed E-state index contributed by atoms with van der Waals surface area (Å²) in [5, 5.41) is 8.59. The number of hydrogen-bond acceptors (Lipinski definition) is 2. The SMILES string of the molecule is C=[C]c1cc(OC(F)(F)F)ccc1C#N. The first kappa shape index (κ1) is 11.1. The van der Waals surface area contributed by atoms with Gasteiger partial charge in [0.1, 0.15) is 5.75 Å². The van der Waals surface area contributed by atoms with Crippen LogP contribution in [0.5, 0.6) is 5.75 Å². The normalized spacial score (nSPS) is 10.5. The summed E-state index contributed by atoms with van der Waals surface area (Å²) >= 11 is 0. The molecule has 5 heteroatoms. The fourth-order valence-electron chi connectivity index (χ4n) is 0.964. The van der Waals surface area contributed by atoms with Crippen LogP contribution in [-0.4, -0.2) is 6.36 Å². The highest BCUT2D eigenvalue weighted by Crippen LogP contribution is 2.24. The zero-order valence-corrected chi connectivity index (χ0v) is 7.43. The van der Waals surface area contributed by atoms with Crippen LogP contribution in [0.15, 0.2) is 24.8 Å². The number of nitrogens with zero attached hydrogens (tertiary/aromatic N) is 1. The van der Waals surface area contributed by atoms with Crippen molar-refractivity contribution in [1.29, 1.82) is 5.26 Å². The molecule has 0 aliphatic carbocycles. The molecule has 77 valence electrons. The number of benzene rings is 1. The molecule has 0 atom stereocenters. The van der Waals surface area contributed by atoms with Gasteiger partial charge in [-0.2, -0.15) is 5.26 Å². The van der Waals surface area contributed by atoms with E-state index in [1.165, 1.54) is 6.07 Å². The Labute approximate surface area is 84.2 Å². The monoisotopic (exact) mass is 212 g/mol. The second-order valence-electron chi connectivity index (χ2n) is 2.54. The molecule has 2 nitrogen and oxygen atoms in total. The maximum Gasteiger partial charge on any atom is 0.573 e. The Bertz CT molecular complexity index is 418. The Morgan fingerprint density at radius 3 is 2.40 bits per heavy atom. The topological polar surface area (TPSA) is 33.0 Å². The minimum Gasteiger partial charge on any atom is -0.406 e. The van der Waals surface area contributed by atoms with E-state index >= 15 is 0 Å². The summed E-state index contributed by atoms with van der Waals surface area (Å²) in [5.74, 6) is -0.396. The van der Waals surface area contributed by atoms with Gasteiger partial charge in [0.15, 0.2) is 0 Å². The van der Waals surface area contributed by atoms with Gasteiger partial charge in [0.05, 0.1) is 11.6 Å². The fourth-order valence-corrected chi connectivity index (χ4v) is 0.964. The van der Waals surface area contributed by atoms with Crippen molar-refractivity contribution in [2.45, 2.75) is 6.36 Å². The smallest absolute Gasteiger partial charge is 0.406 e. The second-order valence-corrected chi connectivity index (χ2v) is 2.54. The van der Waals surface area contributed by atoms with Crippen LogP contribution in [0.1, 0.15) is 11.1 Å². The molecular weight excluding hydrogens is 207 g/mol. The van der Waals surface area contributed by atoms with Gasteiger partial charge in [-0.3, -0.25) is 0 Å². The van der Waals surface area contributed by atoms with Crippen LogP contribution in [0.4, 0.5) is 13.2 Å². The third-order valence-corrected chi connectivity index (χ3v) is 1.54. The number of nitriles is 1. The zero-order valence-electron chi connectivity index (χ0n) is 7.43. The first-order valence-electron chi connectivity index (χ1n) is 3.79. The van der Waals surface area contributed by atoms with Gasteiger partial charge in [-0.15, -0.1) is 13.2 Å². The Balaban J connectivity index is 3.05. The van der Waals surface area contributed by atoms with Gasteiger partial charge in [-0.25, -0.2) is 0 Å². The Morgan fingerprint density at radius 2 is 1.93 bits per heavy atom. The molecule has 1 rings (SSSR count). The molecule has 0 saturated carbocycles. The highest BCUT2D eigenvalue weighted by Gasteiger charge is 2.31. The van der Waals surface area contributed by atoms with Gasteiger partial charge in [0.25, 0.3) is 0 Å². The number of hydrogen-bond donors (Lipinski definition) is 0. The van der Waals surface area contributed by atoms with Crippen molar-refractivity contribution in [2.75, 3.05) is 0 Å². The predicted octanol–water partition coefficient (Wildman–Crippen LogP) is 2.79. The van der Waals surface area contributed by atoms with Crippen molar-refractivity contribution in [3.8, 4) is 11.8 Å². The molecule has 0 amide bonds. The second kappa shape index (κ2) is 4.05. The Kier molecular flexibility index (Phi) is 3.00. The standard InChI is InChI=1S/C10H5F3NO/c1-2-7-5-9(15-10(11,12)13)4-3-8(7)6-14/h3-5H,1H2. The molecule has 15 heavy (non-hydrogen) atoms. The summed E-state index contributed by atoms with van der Waals surface area (Å²) in [6.07, 6.45) is -2.39. The van der Waals surface area contributed by atoms with Crippen molar-refractivity contribution < 1.29 is 17.9 Å². The first-order chi connectivity index (χ1) is 6.96. The number of rotatable bonds is 2. The molecule has 0 aliphatic rings. The molecule has 1 aromatic rings. The molecule has 0 aromatic heterocycles. The third-order valence-electron chi connectivity index (χ3n) is 1.54. The fraction of sp³-hybridized carbons (Fsp3) is 0.100. The van der Waals surface area contributed by atoms with E-state index in [1.807, 2.05) is 0 Å². The summed E-state index contributed by atoms with van der Waals surface area (Å²) in [6, 6.07) is 5.13. The van der Waals surface area contributed by atoms with Crippen molar-refractivity contribution in [1.82, 2.24) is 0 Å². The van der Waals surface area contributed by atoms with Gasteiger partial charge in [0.2, 0.25) is 0 Å². The lowest BCUT2D eigenvalue weighted by Crippen LogP contribution is -2.17. The van der Waals surface area contributed by atoms with Crippen LogP contribution in [0.2, 0.25) is 0 Å². The summed E-state index contributed by atoms with van der Waals surface area (Å²) < 4.78 is 39.2. The van der Waals surface area contributed by atoms with E-state index in [0.717, 1.165) is 12.1 Å². The number of alkyl halides is 3. The van der Waals surface area contributed by atoms with Gasteiger partial charge >= 0.3 is 6.36 Å². The van der Waals surface area contributed by atoms with Gasteiger partial charge in [-0.1, -0.05) is 6.58 Å². The van der Waals surface area contributed by atoms with E-state index in [9.17, 15) is 13.2 Å². The molecule has 0 aliphatic heterocycles. The molecule has 0 fully saturated rings. The van der Waals surface area contributed by atoms with Crippen LogP contribution in [-0.2, 0) is 0 Å². The third kappa shape index (κ3) is 3.02. The molecular formula is C10H5F3NO. The van der Waals surface area contributed by atoms with E-state index in [2.05, 4.69) is 17.4 Å². The minimum absolute atomic E-state index is 0.180. The van der Waals surface area contributed by atoms with E-state index in [0.29, 0.717) is 0 Å². The van der Waals surface area contributed by atoms with E-state index in [4.69, 9.17) is 5.26 Å². The largest absolute Gasteiger partial charge is 0.573 e. The Morgan fingerprint density at radius 1 is 1.27 bits per heavy atom. The highest BCUT2D eigenvalue weighted by molar-refractivity contribution is 5.45. The van der Waals surface area contributed by atoms with Crippen molar-refractivity contribution in [3.63, 3.8) is 0 Å². The summed E-state index contributed by atoms with van der Waals surface area (Å²) in [7, 11) is 0. The summed E-state index contributed by atoms with van der Waals surface area (Å²) in [5.41, 5.74) is 0.374. The molecule has 0 heterocycles. The maximum absolute atomic E-state index is 11.8. The van der Waals surface area contributed by atoms with Crippen molar-refractivity contribution in [2.24, 2.45) is 0 Å². The maximum atomic E-state index is 11.8. The van der Waals surface area contributed by atoms with E-state index in [1.54, 1.807) is 6.07 Å². The molecule has 0 bridgehead atoms. The predicted molar refractivity (Wildman–Crippen MR) is 45.8 cm³/mol. The van der Waals surface area contributed by atoms with Gasteiger partial charge in [-0.05, 0) is 24.3 Å². The van der Waals surface area contributed by atoms with Crippen molar-refractivity contribution in [3.05, 3.63) is 42.0 Å². The lowest BCUT2D eigenvalue weighted by atomic mass is 10.1. The van der Waals surface area contributed by atoms with E-state index < -0.39 is 12.1 Å². The van der Waals surface area contributed by atoms with Crippen molar-refractivity contribution >= 4 is 0 Å². The van der Waals surface area contributed by atoms with Crippen LogP contribution >= 0.6 is 0 Å². The molecule has 0 spiro atoms. The number of ether oxygens (including phenoxy) is 1. The molecule has 0 N–H and O–H groups in total. The van der Waals surface area contributed by atoms with E-state index in [-0.39, 0.29) is 11.1 Å². The van der Waals surface area contributed by atoms with Crippen LogP contribution in [0, 0.1) is 17.4 Å². The summed E-state index contributed by atoms with van der Waals surface area (Å²) in [4.78, 5) is 0. The lowest BCUT2D eigenvalue weighted by Gasteiger charge is -2.09. The number of halogens is 3. The molecule has 1 radical (unpaired) electrons. The quantitative estimate of drug-likeness (QED) is 0.755. The molecule has 0 unspecified atom stereocenters. The zero-order chi connectivity index (χ0) is 11.5. The van der Waals surface area contributed by atoms with Gasteiger partial charge in [0, 0.05) is 5.56 Å². The highest BCUT2D eigenvalue weighted by atomic mass is 19.4. The van der Waals surface area contributed by atoms with Gasteiger partial charge < -0.3 is 4.74 Å². The van der Waals surface area contributed by atoms with Crippen LogP contribution < -0.4 is 4.74 Å². The Hall–Kier alpha value is -1.96. The molecule has 1 aromatic carbocycles. The van der Waals surface area contributed by atoms with Crippen LogP contribution in [0.25, 0.3) is 0 Å².